The van der Waals surface area contributed by atoms with Gasteiger partial charge in [-0.1, -0.05) is 30.5 Å². The second-order valence-corrected chi connectivity index (χ2v) is 5.91. The average molecular weight is 318 g/mol. The van der Waals surface area contributed by atoms with Gasteiger partial charge in [-0.3, -0.25) is 0 Å². The molecule has 1 aliphatic carbocycles. The Bertz CT molecular complexity index is 380. The monoisotopic (exact) mass is 316 g/mol. The molecule has 0 aliphatic heterocycles. The number of rotatable bonds is 6. The van der Waals surface area contributed by atoms with Crippen LogP contribution in [-0.4, -0.2) is 13.1 Å². The molecule has 1 aliphatic rings. The van der Waals surface area contributed by atoms with E-state index < -0.39 is 0 Å². The third-order valence-corrected chi connectivity index (χ3v) is 4.44. The maximum absolute atomic E-state index is 5.98. The van der Waals surface area contributed by atoms with Crippen molar-refractivity contribution in [2.24, 2.45) is 11.7 Å². The molecule has 1 aromatic rings. The second-order valence-electron chi connectivity index (χ2n) is 4.65. The Hall–Kier alpha value is -0.0900. The summed E-state index contributed by atoms with van der Waals surface area (Å²) in [5.41, 5.74) is 7.01. The van der Waals surface area contributed by atoms with Gasteiger partial charge >= 0.3 is 0 Å². The zero-order valence-electron chi connectivity index (χ0n) is 9.76. The van der Waals surface area contributed by atoms with Crippen LogP contribution in [-0.2, 0) is 0 Å². The van der Waals surface area contributed by atoms with Crippen LogP contribution >= 0.6 is 27.5 Å². The van der Waals surface area contributed by atoms with Crippen LogP contribution in [0.2, 0.25) is 5.02 Å². The largest absolute Gasteiger partial charge is 0.329 e. The predicted molar refractivity (Wildman–Crippen MR) is 76.3 cm³/mol. The van der Waals surface area contributed by atoms with E-state index in [0.29, 0.717) is 6.54 Å². The lowest BCUT2D eigenvalue weighted by molar-refractivity contribution is 0.516. The highest BCUT2D eigenvalue weighted by atomic mass is 79.9. The van der Waals surface area contributed by atoms with Gasteiger partial charge in [0.15, 0.2) is 0 Å². The molecule has 0 heterocycles. The molecule has 1 unspecified atom stereocenters. The van der Waals surface area contributed by atoms with Crippen LogP contribution in [0.4, 0.5) is 0 Å². The molecule has 1 saturated carbocycles. The molecule has 1 aromatic carbocycles. The van der Waals surface area contributed by atoms with Gasteiger partial charge in [-0.05, 0) is 52.5 Å². The van der Waals surface area contributed by atoms with Crippen LogP contribution in [0, 0.1) is 5.92 Å². The lowest BCUT2D eigenvalue weighted by atomic mass is 10.1. The van der Waals surface area contributed by atoms with Crippen molar-refractivity contribution >= 4 is 27.5 Å². The van der Waals surface area contributed by atoms with Crippen molar-refractivity contribution in [3.05, 3.63) is 33.3 Å². The standard InChI is InChI=1S/C13H18BrClN2/c14-11-7-10(3-4-12(11)15)13(8-16)17-6-5-9-1-2-9/h3-4,7,9,13,17H,1-2,5-6,8,16H2. The van der Waals surface area contributed by atoms with E-state index in [2.05, 4.69) is 21.2 Å². The van der Waals surface area contributed by atoms with Crippen molar-refractivity contribution in [2.75, 3.05) is 13.1 Å². The second kappa shape index (κ2) is 6.19. The number of hydrogen-bond donors (Lipinski definition) is 2. The lowest BCUT2D eigenvalue weighted by Gasteiger charge is -2.17. The average Bonchev–Trinajstić information content (AvgIpc) is 3.12. The molecular weight excluding hydrogens is 300 g/mol. The molecule has 0 saturated heterocycles. The van der Waals surface area contributed by atoms with Crippen molar-refractivity contribution in [3.8, 4) is 0 Å². The van der Waals surface area contributed by atoms with Gasteiger partial charge in [-0.15, -0.1) is 0 Å². The Morgan fingerprint density at radius 3 is 2.82 bits per heavy atom. The number of nitrogens with two attached hydrogens (primary N) is 1. The first-order valence-electron chi connectivity index (χ1n) is 6.09. The summed E-state index contributed by atoms with van der Waals surface area (Å²) in [6, 6.07) is 6.22. The molecule has 17 heavy (non-hydrogen) atoms. The minimum Gasteiger partial charge on any atom is -0.329 e. The van der Waals surface area contributed by atoms with E-state index in [9.17, 15) is 0 Å². The zero-order valence-corrected chi connectivity index (χ0v) is 12.1. The van der Waals surface area contributed by atoms with Crippen molar-refractivity contribution in [1.82, 2.24) is 5.32 Å². The minimum absolute atomic E-state index is 0.224. The van der Waals surface area contributed by atoms with Crippen molar-refractivity contribution in [2.45, 2.75) is 25.3 Å². The van der Waals surface area contributed by atoms with E-state index in [1.807, 2.05) is 18.2 Å². The van der Waals surface area contributed by atoms with E-state index in [4.69, 9.17) is 17.3 Å². The molecule has 0 spiro atoms. The van der Waals surface area contributed by atoms with Gasteiger partial charge in [-0.25, -0.2) is 0 Å². The van der Waals surface area contributed by atoms with Crippen molar-refractivity contribution < 1.29 is 0 Å². The third kappa shape index (κ3) is 3.95. The maximum atomic E-state index is 5.98. The van der Waals surface area contributed by atoms with Gasteiger partial charge in [0.1, 0.15) is 0 Å². The maximum Gasteiger partial charge on any atom is 0.0548 e. The molecule has 0 bridgehead atoms. The molecule has 1 fully saturated rings. The molecule has 0 radical (unpaired) electrons. The van der Waals surface area contributed by atoms with E-state index in [1.165, 1.54) is 24.8 Å². The first-order chi connectivity index (χ1) is 8.20. The predicted octanol–water partition coefficient (Wildman–Crippen LogP) is 3.49. The summed E-state index contributed by atoms with van der Waals surface area (Å²) in [5.74, 6) is 0.956. The lowest BCUT2D eigenvalue weighted by Crippen LogP contribution is -2.29. The Balaban J connectivity index is 1.92. The zero-order chi connectivity index (χ0) is 12.3. The fraction of sp³-hybridized carbons (Fsp3) is 0.538. The van der Waals surface area contributed by atoms with E-state index >= 15 is 0 Å². The first kappa shape index (κ1) is 13.3. The van der Waals surface area contributed by atoms with Gasteiger partial charge in [0.2, 0.25) is 0 Å². The van der Waals surface area contributed by atoms with Gasteiger partial charge in [-0.2, -0.15) is 0 Å². The highest BCUT2D eigenvalue weighted by molar-refractivity contribution is 9.10. The molecular formula is C13H18BrClN2. The Morgan fingerprint density at radius 1 is 1.47 bits per heavy atom. The van der Waals surface area contributed by atoms with Gasteiger partial charge in [0.05, 0.1) is 5.02 Å². The van der Waals surface area contributed by atoms with Crippen LogP contribution in [0.3, 0.4) is 0 Å². The van der Waals surface area contributed by atoms with Gasteiger partial charge in [0.25, 0.3) is 0 Å². The summed E-state index contributed by atoms with van der Waals surface area (Å²) < 4.78 is 0.930. The molecule has 4 heteroatoms. The van der Waals surface area contributed by atoms with Crippen LogP contribution in [0.15, 0.2) is 22.7 Å². The van der Waals surface area contributed by atoms with E-state index in [1.54, 1.807) is 0 Å². The van der Waals surface area contributed by atoms with Crippen molar-refractivity contribution in [1.29, 1.82) is 0 Å². The highest BCUT2D eigenvalue weighted by Crippen LogP contribution is 2.32. The fourth-order valence-corrected chi connectivity index (χ4v) is 2.45. The van der Waals surface area contributed by atoms with Crippen LogP contribution in [0.5, 0.6) is 0 Å². The first-order valence-corrected chi connectivity index (χ1v) is 7.26. The van der Waals surface area contributed by atoms with Gasteiger partial charge < -0.3 is 11.1 Å². The third-order valence-electron chi connectivity index (χ3n) is 3.22. The molecule has 3 N–H and O–H groups in total. The summed E-state index contributed by atoms with van der Waals surface area (Å²) in [6.45, 7) is 1.66. The minimum atomic E-state index is 0.224. The molecule has 1 atom stereocenters. The highest BCUT2D eigenvalue weighted by Gasteiger charge is 2.21. The van der Waals surface area contributed by atoms with Gasteiger partial charge in [0, 0.05) is 17.1 Å². The SMILES string of the molecule is NCC(NCCC1CC1)c1ccc(Cl)c(Br)c1. The normalized spacial score (nSPS) is 17.1. The summed E-state index contributed by atoms with van der Waals surface area (Å²) in [7, 11) is 0. The van der Waals surface area contributed by atoms with E-state index in [-0.39, 0.29) is 6.04 Å². The summed E-state index contributed by atoms with van der Waals surface area (Å²) in [4.78, 5) is 0. The summed E-state index contributed by atoms with van der Waals surface area (Å²) >= 11 is 9.43. The van der Waals surface area contributed by atoms with Crippen LogP contribution < -0.4 is 11.1 Å². The number of halogens is 2. The molecule has 2 nitrogen and oxygen atoms in total. The summed E-state index contributed by atoms with van der Waals surface area (Å²) in [6.07, 6.45) is 4.08. The van der Waals surface area contributed by atoms with Crippen LogP contribution in [0.25, 0.3) is 0 Å². The van der Waals surface area contributed by atoms with Crippen LogP contribution in [0.1, 0.15) is 30.9 Å². The quantitative estimate of drug-likeness (QED) is 0.843. The molecule has 0 amide bonds. The Morgan fingerprint density at radius 2 is 2.24 bits per heavy atom. The van der Waals surface area contributed by atoms with E-state index in [0.717, 1.165) is 22.0 Å². The number of nitrogens with one attached hydrogen (secondary N) is 1. The van der Waals surface area contributed by atoms with Crippen molar-refractivity contribution in [3.63, 3.8) is 0 Å². The Labute approximate surface area is 116 Å². The molecule has 94 valence electrons. The summed E-state index contributed by atoms with van der Waals surface area (Å²) in [5, 5.41) is 4.25. The fourth-order valence-electron chi connectivity index (χ4n) is 1.93. The topological polar surface area (TPSA) is 38.0 Å². The Kier molecular flexibility index (Phi) is 4.86. The smallest absolute Gasteiger partial charge is 0.0548 e. The molecule has 2 rings (SSSR count). The number of hydrogen-bond acceptors (Lipinski definition) is 2. The number of benzene rings is 1. The molecule has 0 aromatic heterocycles.